The van der Waals surface area contributed by atoms with Gasteiger partial charge in [0, 0.05) is 7.05 Å². The third kappa shape index (κ3) is 3.54. The lowest BCUT2D eigenvalue weighted by Gasteiger charge is -2.02. The Bertz CT molecular complexity index is 347. The number of rotatable bonds is 4. The summed E-state index contributed by atoms with van der Waals surface area (Å²) in [7, 11) is -2.26. The zero-order valence-electron chi connectivity index (χ0n) is 7.23. The highest BCUT2D eigenvalue weighted by Gasteiger charge is 2.05. The molecule has 0 fully saturated rings. The minimum atomic E-state index is -3.57. The Hall–Kier alpha value is -0.910. The van der Waals surface area contributed by atoms with E-state index in [0.717, 1.165) is 5.56 Å². The van der Waals surface area contributed by atoms with Gasteiger partial charge in [-0.3, -0.25) is 4.18 Å². The van der Waals surface area contributed by atoms with E-state index in [1.165, 1.54) is 7.05 Å². The van der Waals surface area contributed by atoms with E-state index in [4.69, 9.17) is 0 Å². The smallest absolute Gasteiger partial charge is 0.253 e. The van der Waals surface area contributed by atoms with Crippen LogP contribution >= 0.6 is 0 Å². The molecule has 0 spiro atoms. The topological polar surface area (TPSA) is 55.4 Å². The number of nitrogens with one attached hydrogen (secondary N) is 1. The van der Waals surface area contributed by atoms with Crippen molar-refractivity contribution in [1.29, 1.82) is 0 Å². The monoisotopic (exact) mass is 201 g/mol. The van der Waals surface area contributed by atoms with E-state index in [1.54, 1.807) is 12.1 Å². The summed E-state index contributed by atoms with van der Waals surface area (Å²) in [6.45, 7) is 0.0595. The highest BCUT2D eigenvalue weighted by molar-refractivity contribution is 7.84. The number of hydrogen-bond donors (Lipinski definition) is 1. The molecule has 13 heavy (non-hydrogen) atoms. The molecule has 0 amide bonds. The Morgan fingerprint density at radius 2 is 1.92 bits per heavy atom. The Labute approximate surface area is 77.8 Å². The van der Waals surface area contributed by atoms with Gasteiger partial charge in [0.15, 0.2) is 0 Å². The quantitative estimate of drug-likeness (QED) is 0.778. The summed E-state index contributed by atoms with van der Waals surface area (Å²) in [5.41, 5.74) is 0.821. The molecule has 5 heteroatoms. The second-order valence-corrected chi connectivity index (χ2v) is 3.96. The Kier molecular flexibility index (Phi) is 3.41. The first-order valence-corrected chi connectivity index (χ1v) is 5.17. The molecular formula is C8H11NO3S. The molecule has 1 N–H and O–H groups in total. The minimum Gasteiger partial charge on any atom is -0.253 e. The van der Waals surface area contributed by atoms with E-state index in [-0.39, 0.29) is 6.61 Å². The summed E-state index contributed by atoms with van der Waals surface area (Å²) in [5.74, 6) is 0. The Morgan fingerprint density at radius 3 is 2.46 bits per heavy atom. The first kappa shape index (κ1) is 10.2. The van der Waals surface area contributed by atoms with Crippen LogP contribution < -0.4 is 4.72 Å². The largest absolute Gasteiger partial charge is 0.335 e. The van der Waals surface area contributed by atoms with E-state index in [9.17, 15) is 8.42 Å². The van der Waals surface area contributed by atoms with Crippen LogP contribution in [0.25, 0.3) is 0 Å². The molecule has 1 aromatic rings. The first-order chi connectivity index (χ1) is 6.14. The van der Waals surface area contributed by atoms with Crippen LogP contribution in [0.2, 0.25) is 0 Å². The predicted molar refractivity (Wildman–Crippen MR) is 49.2 cm³/mol. The van der Waals surface area contributed by atoms with E-state index in [0.29, 0.717) is 0 Å². The molecule has 0 radical (unpaired) electrons. The normalized spacial score (nSPS) is 11.5. The van der Waals surface area contributed by atoms with Gasteiger partial charge < -0.3 is 0 Å². The van der Waals surface area contributed by atoms with E-state index in [2.05, 4.69) is 8.91 Å². The van der Waals surface area contributed by atoms with Crippen LogP contribution in [0.5, 0.6) is 0 Å². The second kappa shape index (κ2) is 4.36. The van der Waals surface area contributed by atoms with E-state index >= 15 is 0 Å². The van der Waals surface area contributed by atoms with Crippen molar-refractivity contribution in [3.8, 4) is 0 Å². The molecule has 0 atom stereocenters. The highest BCUT2D eigenvalue weighted by atomic mass is 32.2. The van der Waals surface area contributed by atoms with Crippen molar-refractivity contribution in [3.63, 3.8) is 0 Å². The Morgan fingerprint density at radius 1 is 1.31 bits per heavy atom. The van der Waals surface area contributed by atoms with Crippen LogP contribution in [-0.4, -0.2) is 15.5 Å². The van der Waals surface area contributed by atoms with Crippen molar-refractivity contribution in [2.45, 2.75) is 6.61 Å². The molecule has 1 aromatic carbocycles. The lowest BCUT2D eigenvalue weighted by molar-refractivity contribution is 0.303. The zero-order valence-corrected chi connectivity index (χ0v) is 8.04. The van der Waals surface area contributed by atoms with Crippen LogP contribution in [-0.2, 0) is 21.1 Å². The predicted octanol–water partition coefficient (Wildman–Crippen LogP) is 0.667. The van der Waals surface area contributed by atoms with Gasteiger partial charge in [-0.1, -0.05) is 30.3 Å². The van der Waals surface area contributed by atoms with Gasteiger partial charge >= 0.3 is 10.3 Å². The third-order valence-electron chi connectivity index (χ3n) is 1.47. The van der Waals surface area contributed by atoms with Crippen LogP contribution in [0.1, 0.15) is 5.56 Å². The molecule has 0 bridgehead atoms. The first-order valence-electron chi connectivity index (χ1n) is 3.76. The summed E-state index contributed by atoms with van der Waals surface area (Å²) in [6, 6.07) is 9.10. The van der Waals surface area contributed by atoms with Gasteiger partial charge in [0.05, 0.1) is 6.61 Å². The van der Waals surface area contributed by atoms with Crippen molar-refractivity contribution in [2.24, 2.45) is 0 Å². The van der Waals surface area contributed by atoms with Crippen molar-refractivity contribution in [3.05, 3.63) is 35.9 Å². The van der Waals surface area contributed by atoms with Crippen LogP contribution in [0.15, 0.2) is 30.3 Å². The summed E-state index contributed by atoms with van der Waals surface area (Å²) in [5, 5.41) is 0. The standard InChI is InChI=1S/C8H11NO3S/c1-9-13(10,11)12-7-8-5-3-2-4-6-8/h2-6,9H,7H2,1H3. The van der Waals surface area contributed by atoms with Crippen molar-refractivity contribution in [2.75, 3.05) is 7.05 Å². The van der Waals surface area contributed by atoms with Gasteiger partial charge in [0.25, 0.3) is 0 Å². The summed E-state index contributed by atoms with van der Waals surface area (Å²) < 4.78 is 28.4. The molecule has 0 aliphatic rings. The molecule has 0 aromatic heterocycles. The van der Waals surface area contributed by atoms with Crippen molar-refractivity contribution in [1.82, 2.24) is 4.72 Å². The number of hydrogen-bond acceptors (Lipinski definition) is 3. The average Bonchev–Trinajstić information content (AvgIpc) is 2.17. The minimum absolute atomic E-state index is 0.0595. The lowest BCUT2D eigenvalue weighted by atomic mass is 10.2. The molecule has 0 saturated carbocycles. The zero-order chi connectivity index (χ0) is 9.73. The average molecular weight is 201 g/mol. The van der Waals surface area contributed by atoms with Gasteiger partial charge in [-0.2, -0.15) is 13.1 Å². The fraction of sp³-hybridized carbons (Fsp3) is 0.250. The summed E-state index contributed by atoms with van der Waals surface area (Å²) in [4.78, 5) is 0. The second-order valence-electron chi connectivity index (χ2n) is 2.41. The molecule has 4 nitrogen and oxygen atoms in total. The van der Waals surface area contributed by atoms with Crippen LogP contribution in [0.4, 0.5) is 0 Å². The summed E-state index contributed by atoms with van der Waals surface area (Å²) >= 11 is 0. The maximum atomic E-state index is 10.8. The molecule has 0 unspecified atom stereocenters. The van der Waals surface area contributed by atoms with Gasteiger partial charge in [0.1, 0.15) is 0 Å². The lowest BCUT2D eigenvalue weighted by Crippen LogP contribution is -2.21. The van der Waals surface area contributed by atoms with Crippen molar-refractivity contribution >= 4 is 10.3 Å². The molecule has 0 heterocycles. The van der Waals surface area contributed by atoms with Crippen LogP contribution in [0.3, 0.4) is 0 Å². The van der Waals surface area contributed by atoms with Crippen molar-refractivity contribution < 1.29 is 12.6 Å². The highest BCUT2D eigenvalue weighted by Crippen LogP contribution is 2.02. The SMILES string of the molecule is CNS(=O)(=O)OCc1ccccc1. The number of benzene rings is 1. The molecule has 0 saturated heterocycles. The Balaban J connectivity index is 2.54. The molecule has 0 aliphatic carbocycles. The maximum absolute atomic E-state index is 10.8. The molecule has 72 valence electrons. The third-order valence-corrected chi connectivity index (χ3v) is 2.40. The van der Waals surface area contributed by atoms with Gasteiger partial charge in [-0.15, -0.1) is 0 Å². The fourth-order valence-electron chi connectivity index (χ4n) is 0.779. The maximum Gasteiger partial charge on any atom is 0.335 e. The molecular weight excluding hydrogens is 190 g/mol. The van der Waals surface area contributed by atoms with E-state index < -0.39 is 10.3 Å². The fourth-order valence-corrected chi connectivity index (χ4v) is 1.19. The summed E-state index contributed by atoms with van der Waals surface area (Å²) in [6.07, 6.45) is 0. The van der Waals surface area contributed by atoms with E-state index in [1.807, 2.05) is 18.2 Å². The van der Waals surface area contributed by atoms with Gasteiger partial charge in [0.2, 0.25) is 0 Å². The van der Waals surface area contributed by atoms with Crippen LogP contribution in [0, 0.1) is 0 Å². The molecule has 1 rings (SSSR count). The van der Waals surface area contributed by atoms with Gasteiger partial charge in [-0.25, -0.2) is 0 Å². The van der Waals surface area contributed by atoms with Gasteiger partial charge in [-0.05, 0) is 5.56 Å². The molecule has 0 aliphatic heterocycles.